The lowest BCUT2D eigenvalue weighted by Crippen LogP contribution is -1.92. The lowest BCUT2D eigenvalue weighted by atomic mass is 10.1. The number of nitrogen functional groups attached to an aromatic ring is 1. The molecule has 1 aromatic heterocycles. The smallest absolute Gasteiger partial charge is 0.0722 e. The molecule has 0 saturated heterocycles. The summed E-state index contributed by atoms with van der Waals surface area (Å²) in [4.78, 5) is 4.27. The number of nitrogens with zero attached hydrogens (tertiary/aromatic N) is 1. The standard InChI is InChI=1S/C11H12N2O/c12-10-2-1-9-5-8(3-4-14)7-13-11(9)6-10/h1-2,5-7,14H,3-4,12H2. The van der Waals surface area contributed by atoms with Gasteiger partial charge >= 0.3 is 0 Å². The first-order valence-electron chi connectivity index (χ1n) is 4.54. The summed E-state index contributed by atoms with van der Waals surface area (Å²) in [5.74, 6) is 0. The van der Waals surface area contributed by atoms with Crippen molar-refractivity contribution in [3.05, 3.63) is 36.0 Å². The fourth-order valence-corrected chi connectivity index (χ4v) is 1.45. The quantitative estimate of drug-likeness (QED) is 0.699. The number of benzene rings is 1. The van der Waals surface area contributed by atoms with E-state index in [4.69, 9.17) is 10.8 Å². The van der Waals surface area contributed by atoms with Crippen molar-refractivity contribution in [1.29, 1.82) is 0 Å². The fraction of sp³-hybridized carbons (Fsp3) is 0.182. The van der Waals surface area contributed by atoms with E-state index in [0.717, 1.165) is 22.2 Å². The Morgan fingerprint density at radius 3 is 2.93 bits per heavy atom. The molecule has 0 aliphatic carbocycles. The van der Waals surface area contributed by atoms with Crippen LogP contribution in [0.3, 0.4) is 0 Å². The van der Waals surface area contributed by atoms with Crippen LogP contribution in [0.2, 0.25) is 0 Å². The van der Waals surface area contributed by atoms with Gasteiger partial charge in [0.2, 0.25) is 0 Å². The zero-order valence-corrected chi connectivity index (χ0v) is 7.77. The van der Waals surface area contributed by atoms with E-state index in [2.05, 4.69) is 4.98 Å². The lowest BCUT2D eigenvalue weighted by molar-refractivity contribution is 0.299. The zero-order valence-electron chi connectivity index (χ0n) is 7.77. The molecule has 1 aromatic carbocycles. The number of pyridine rings is 1. The SMILES string of the molecule is Nc1ccc2cc(CCO)cnc2c1. The summed E-state index contributed by atoms with van der Waals surface area (Å²) in [7, 11) is 0. The van der Waals surface area contributed by atoms with Crippen LogP contribution >= 0.6 is 0 Å². The minimum Gasteiger partial charge on any atom is -0.399 e. The lowest BCUT2D eigenvalue weighted by Gasteiger charge is -2.01. The molecule has 0 aliphatic rings. The van der Waals surface area contributed by atoms with E-state index in [0.29, 0.717) is 6.42 Å². The van der Waals surface area contributed by atoms with Crippen LogP contribution in [0.1, 0.15) is 5.56 Å². The third kappa shape index (κ3) is 1.67. The highest BCUT2D eigenvalue weighted by Gasteiger charge is 1.97. The van der Waals surface area contributed by atoms with Gasteiger partial charge in [-0.3, -0.25) is 4.98 Å². The van der Waals surface area contributed by atoms with E-state index in [1.165, 1.54) is 0 Å². The van der Waals surface area contributed by atoms with Crippen LogP contribution in [0.4, 0.5) is 5.69 Å². The van der Waals surface area contributed by atoms with Crippen molar-refractivity contribution in [2.24, 2.45) is 0 Å². The monoisotopic (exact) mass is 188 g/mol. The maximum Gasteiger partial charge on any atom is 0.0722 e. The summed E-state index contributed by atoms with van der Waals surface area (Å²) in [5.41, 5.74) is 8.30. The van der Waals surface area contributed by atoms with Crippen molar-refractivity contribution in [3.8, 4) is 0 Å². The first kappa shape index (κ1) is 8.97. The maximum absolute atomic E-state index is 8.79. The van der Waals surface area contributed by atoms with Gasteiger partial charge in [0, 0.05) is 23.9 Å². The summed E-state index contributed by atoms with van der Waals surface area (Å²) in [6, 6.07) is 7.67. The van der Waals surface area contributed by atoms with E-state index in [-0.39, 0.29) is 6.61 Å². The van der Waals surface area contributed by atoms with Crippen molar-refractivity contribution in [2.75, 3.05) is 12.3 Å². The van der Waals surface area contributed by atoms with E-state index < -0.39 is 0 Å². The Hall–Kier alpha value is -1.61. The molecule has 0 fully saturated rings. The van der Waals surface area contributed by atoms with Gasteiger partial charge in [0.15, 0.2) is 0 Å². The summed E-state index contributed by atoms with van der Waals surface area (Å²) in [6.45, 7) is 0.155. The Morgan fingerprint density at radius 1 is 1.29 bits per heavy atom. The second-order valence-electron chi connectivity index (χ2n) is 3.27. The molecule has 0 atom stereocenters. The molecular formula is C11H12N2O. The number of rotatable bonds is 2. The van der Waals surface area contributed by atoms with Crippen LogP contribution in [0.15, 0.2) is 30.5 Å². The van der Waals surface area contributed by atoms with Gasteiger partial charge in [-0.05, 0) is 30.2 Å². The topological polar surface area (TPSA) is 59.1 Å². The molecule has 3 nitrogen and oxygen atoms in total. The molecule has 0 saturated carbocycles. The molecule has 3 N–H and O–H groups in total. The first-order valence-corrected chi connectivity index (χ1v) is 4.54. The van der Waals surface area contributed by atoms with Crippen LogP contribution in [0.25, 0.3) is 10.9 Å². The average molecular weight is 188 g/mol. The average Bonchev–Trinajstić information content (AvgIpc) is 2.19. The number of anilines is 1. The second-order valence-corrected chi connectivity index (χ2v) is 3.27. The highest BCUT2D eigenvalue weighted by atomic mass is 16.2. The van der Waals surface area contributed by atoms with Crippen LogP contribution in [0.5, 0.6) is 0 Å². The predicted molar refractivity (Wildman–Crippen MR) is 56.9 cm³/mol. The van der Waals surface area contributed by atoms with Crippen LogP contribution < -0.4 is 5.73 Å². The normalized spacial score (nSPS) is 10.6. The van der Waals surface area contributed by atoms with Crippen molar-refractivity contribution in [3.63, 3.8) is 0 Å². The van der Waals surface area contributed by atoms with Crippen molar-refractivity contribution >= 4 is 16.6 Å². The molecule has 72 valence electrons. The van der Waals surface area contributed by atoms with E-state index in [9.17, 15) is 0 Å². The summed E-state index contributed by atoms with van der Waals surface area (Å²) < 4.78 is 0. The molecule has 14 heavy (non-hydrogen) atoms. The molecule has 0 amide bonds. The van der Waals surface area contributed by atoms with Gasteiger partial charge in [-0.1, -0.05) is 6.07 Å². The summed E-state index contributed by atoms with van der Waals surface area (Å²) in [6.07, 6.45) is 2.42. The Balaban J connectivity index is 2.50. The largest absolute Gasteiger partial charge is 0.399 e. The molecule has 0 unspecified atom stereocenters. The van der Waals surface area contributed by atoms with Crippen molar-refractivity contribution < 1.29 is 5.11 Å². The maximum atomic E-state index is 8.79. The van der Waals surface area contributed by atoms with Gasteiger partial charge in [0.1, 0.15) is 0 Å². The van der Waals surface area contributed by atoms with E-state index >= 15 is 0 Å². The highest BCUT2D eigenvalue weighted by molar-refractivity contribution is 5.82. The van der Waals surface area contributed by atoms with E-state index in [1.54, 1.807) is 6.20 Å². The Kier molecular flexibility index (Phi) is 2.33. The predicted octanol–water partition coefficient (Wildman–Crippen LogP) is 1.35. The van der Waals surface area contributed by atoms with Crippen molar-refractivity contribution in [2.45, 2.75) is 6.42 Å². The molecule has 0 spiro atoms. The minimum absolute atomic E-state index is 0.155. The molecular weight excluding hydrogens is 176 g/mol. The minimum atomic E-state index is 0.155. The first-order chi connectivity index (χ1) is 6.79. The van der Waals surface area contributed by atoms with E-state index in [1.807, 2.05) is 24.3 Å². The molecule has 2 rings (SSSR count). The fourth-order valence-electron chi connectivity index (χ4n) is 1.45. The Bertz CT molecular complexity index is 454. The number of hydrogen-bond acceptors (Lipinski definition) is 3. The van der Waals surface area contributed by atoms with Gasteiger partial charge < -0.3 is 10.8 Å². The van der Waals surface area contributed by atoms with Crippen LogP contribution in [-0.2, 0) is 6.42 Å². The third-order valence-corrected chi connectivity index (χ3v) is 2.17. The molecule has 0 aliphatic heterocycles. The van der Waals surface area contributed by atoms with Gasteiger partial charge in [0.05, 0.1) is 5.52 Å². The molecule has 1 heterocycles. The third-order valence-electron chi connectivity index (χ3n) is 2.17. The molecule has 2 aromatic rings. The van der Waals surface area contributed by atoms with Gasteiger partial charge in [-0.25, -0.2) is 0 Å². The molecule has 3 heteroatoms. The zero-order chi connectivity index (χ0) is 9.97. The highest BCUT2D eigenvalue weighted by Crippen LogP contribution is 2.16. The Labute approximate surface area is 82.2 Å². The Morgan fingerprint density at radius 2 is 2.14 bits per heavy atom. The molecule has 0 radical (unpaired) electrons. The van der Waals surface area contributed by atoms with Gasteiger partial charge in [-0.2, -0.15) is 0 Å². The van der Waals surface area contributed by atoms with Crippen LogP contribution in [0, 0.1) is 0 Å². The number of aromatic nitrogens is 1. The number of aliphatic hydroxyl groups excluding tert-OH is 1. The van der Waals surface area contributed by atoms with Gasteiger partial charge in [-0.15, -0.1) is 0 Å². The number of aliphatic hydroxyl groups is 1. The number of hydrogen-bond donors (Lipinski definition) is 2. The summed E-state index contributed by atoms with van der Waals surface area (Å²) >= 11 is 0. The van der Waals surface area contributed by atoms with Gasteiger partial charge in [0.25, 0.3) is 0 Å². The van der Waals surface area contributed by atoms with Crippen LogP contribution in [-0.4, -0.2) is 16.7 Å². The number of nitrogens with two attached hydrogens (primary N) is 1. The van der Waals surface area contributed by atoms with Crippen molar-refractivity contribution in [1.82, 2.24) is 4.98 Å². The second kappa shape index (κ2) is 3.64. The summed E-state index contributed by atoms with van der Waals surface area (Å²) in [5, 5.41) is 9.85. The number of fused-ring (bicyclic) bond motifs is 1. The molecule has 0 bridgehead atoms.